The SMILES string of the molecule is CC(C)(C)N1C(=O)[C@H]2[C@@H](C(=O)Nc3ccc(Cl)cc3)[C@H]3C=C[C@@]2(O3)[C@H]1C(=O)NC1CCCCC1. The van der Waals surface area contributed by atoms with Gasteiger partial charge in [0.1, 0.15) is 11.6 Å². The number of anilines is 1. The van der Waals surface area contributed by atoms with Crippen LogP contribution < -0.4 is 10.6 Å². The smallest absolute Gasteiger partial charge is 0.246 e. The molecule has 2 N–H and O–H groups in total. The zero-order valence-electron chi connectivity index (χ0n) is 19.8. The molecule has 1 aromatic rings. The molecule has 1 saturated carbocycles. The molecule has 3 fully saturated rings. The van der Waals surface area contributed by atoms with Gasteiger partial charge in [-0.3, -0.25) is 14.4 Å². The van der Waals surface area contributed by atoms with Crippen LogP contribution in [0.15, 0.2) is 36.4 Å². The van der Waals surface area contributed by atoms with Crippen molar-refractivity contribution in [1.82, 2.24) is 10.2 Å². The maximum Gasteiger partial charge on any atom is 0.246 e. The predicted molar refractivity (Wildman–Crippen MR) is 129 cm³/mol. The molecular formula is C26H32ClN3O4. The number of likely N-dealkylation sites (tertiary alicyclic amines) is 1. The lowest BCUT2D eigenvalue weighted by Gasteiger charge is -2.40. The van der Waals surface area contributed by atoms with Gasteiger partial charge in [0.15, 0.2) is 0 Å². The molecule has 5 rings (SSSR count). The van der Waals surface area contributed by atoms with Gasteiger partial charge in [0.25, 0.3) is 0 Å². The number of carbonyl (C=O) groups excluding carboxylic acids is 3. The second-order valence-electron chi connectivity index (χ2n) is 10.9. The minimum absolute atomic E-state index is 0.111. The first-order valence-electron chi connectivity index (χ1n) is 12.2. The van der Waals surface area contributed by atoms with Gasteiger partial charge in [-0.1, -0.05) is 43.0 Å². The van der Waals surface area contributed by atoms with Gasteiger partial charge in [0.2, 0.25) is 17.7 Å². The second-order valence-corrected chi connectivity index (χ2v) is 11.4. The molecule has 3 heterocycles. The number of nitrogens with zero attached hydrogens (tertiary/aromatic N) is 1. The van der Waals surface area contributed by atoms with E-state index in [-0.39, 0.29) is 23.8 Å². The summed E-state index contributed by atoms with van der Waals surface area (Å²) in [5, 5.41) is 6.68. The Bertz CT molecular complexity index is 1030. The quantitative estimate of drug-likeness (QED) is 0.637. The van der Waals surface area contributed by atoms with E-state index < -0.39 is 35.1 Å². The molecule has 8 heteroatoms. The lowest BCUT2D eigenvalue weighted by Crippen LogP contribution is -2.60. The van der Waals surface area contributed by atoms with Gasteiger partial charge < -0.3 is 20.3 Å². The molecule has 1 aromatic carbocycles. The predicted octanol–water partition coefficient (Wildman–Crippen LogP) is 3.68. The third kappa shape index (κ3) is 3.73. The summed E-state index contributed by atoms with van der Waals surface area (Å²) in [6, 6.07) is 6.13. The van der Waals surface area contributed by atoms with Crippen LogP contribution in [0.5, 0.6) is 0 Å². The van der Waals surface area contributed by atoms with Crippen LogP contribution in [0.1, 0.15) is 52.9 Å². The number of benzene rings is 1. The summed E-state index contributed by atoms with van der Waals surface area (Å²) in [6.45, 7) is 5.76. The Morgan fingerprint density at radius 2 is 1.76 bits per heavy atom. The number of amides is 3. The minimum atomic E-state index is -1.14. The van der Waals surface area contributed by atoms with E-state index in [9.17, 15) is 14.4 Å². The van der Waals surface area contributed by atoms with Crippen molar-refractivity contribution in [2.45, 2.75) is 82.2 Å². The number of fused-ring (bicyclic) bond motifs is 1. The van der Waals surface area contributed by atoms with Gasteiger partial charge in [-0.05, 0) is 57.9 Å². The summed E-state index contributed by atoms with van der Waals surface area (Å²) in [4.78, 5) is 42.6. The number of hydrogen-bond donors (Lipinski definition) is 2. The summed E-state index contributed by atoms with van der Waals surface area (Å²) >= 11 is 5.96. The third-order valence-corrected chi connectivity index (χ3v) is 7.86. The molecule has 0 aromatic heterocycles. The number of rotatable bonds is 4. The standard InChI is InChI=1S/C26H32ClN3O4/c1-25(2,3)30-21(23(32)29-16-7-5-4-6-8-16)26-14-13-18(34-26)19(20(26)24(30)33)22(31)28-17-11-9-15(27)10-12-17/h9-14,16,18-21H,4-8H2,1-3H3,(H,28,31)(H,29,32)/t18-,19+,20-,21-,26+/m1/s1. The molecule has 1 aliphatic carbocycles. The Morgan fingerprint density at radius 3 is 2.41 bits per heavy atom. The average molecular weight is 486 g/mol. The second kappa shape index (κ2) is 8.38. The highest BCUT2D eigenvalue weighted by molar-refractivity contribution is 6.30. The van der Waals surface area contributed by atoms with Gasteiger partial charge in [-0.15, -0.1) is 0 Å². The molecule has 3 aliphatic heterocycles. The van der Waals surface area contributed by atoms with E-state index in [1.165, 1.54) is 6.42 Å². The zero-order valence-corrected chi connectivity index (χ0v) is 20.6. The first-order chi connectivity index (χ1) is 16.1. The fraction of sp³-hybridized carbons (Fsp3) is 0.577. The van der Waals surface area contributed by atoms with Crippen LogP contribution in [0, 0.1) is 11.8 Å². The lowest BCUT2D eigenvalue weighted by atomic mass is 9.74. The Hall–Kier alpha value is -2.38. The van der Waals surface area contributed by atoms with E-state index in [2.05, 4.69) is 10.6 Å². The number of carbonyl (C=O) groups is 3. The molecule has 3 amide bonds. The molecule has 7 nitrogen and oxygen atoms in total. The van der Waals surface area contributed by atoms with E-state index >= 15 is 0 Å². The largest absolute Gasteiger partial charge is 0.359 e. The molecule has 182 valence electrons. The first kappa shape index (κ1) is 23.4. The summed E-state index contributed by atoms with van der Waals surface area (Å²) in [5.74, 6) is -2.16. The van der Waals surface area contributed by atoms with Crippen LogP contribution in [0.4, 0.5) is 5.69 Å². The highest BCUT2D eigenvalue weighted by Crippen LogP contribution is 2.56. The molecule has 34 heavy (non-hydrogen) atoms. The van der Waals surface area contributed by atoms with Crippen molar-refractivity contribution in [2.75, 3.05) is 5.32 Å². The Kier molecular flexibility index (Phi) is 5.76. The fourth-order valence-electron chi connectivity index (χ4n) is 6.18. The average Bonchev–Trinajstić information content (AvgIpc) is 3.43. The summed E-state index contributed by atoms with van der Waals surface area (Å²) in [5.41, 5.74) is -1.16. The maximum absolute atomic E-state index is 13.9. The molecule has 5 atom stereocenters. The Balaban J connectivity index is 1.46. The molecule has 4 aliphatic rings. The van der Waals surface area contributed by atoms with Crippen molar-refractivity contribution >= 4 is 35.0 Å². The highest BCUT2D eigenvalue weighted by Gasteiger charge is 2.73. The van der Waals surface area contributed by atoms with Crippen LogP contribution >= 0.6 is 11.6 Å². The first-order valence-corrected chi connectivity index (χ1v) is 12.6. The van der Waals surface area contributed by atoms with Crippen LogP contribution in [0.25, 0.3) is 0 Å². The Morgan fingerprint density at radius 1 is 1.09 bits per heavy atom. The molecule has 0 radical (unpaired) electrons. The number of nitrogens with one attached hydrogen (secondary N) is 2. The molecule has 0 unspecified atom stereocenters. The van der Waals surface area contributed by atoms with Crippen LogP contribution in [-0.2, 0) is 19.1 Å². The van der Waals surface area contributed by atoms with E-state index in [1.54, 1.807) is 29.2 Å². The van der Waals surface area contributed by atoms with Crippen molar-refractivity contribution in [2.24, 2.45) is 11.8 Å². The molecule has 2 saturated heterocycles. The van der Waals surface area contributed by atoms with Crippen molar-refractivity contribution in [1.29, 1.82) is 0 Å². The number of hydrogen-bond acceptors (Lipinski definition) is 4. The van der Waals surface area contributed by atoms with Crippen LogP contribution in [0.2, 0.25) is 5.02 Å². The normalized spacial score (nSPS) is 32.7. The molecule has 1 spiro atoms. The monoisotopic (exact) mass is 485 g/mol. The lowest BCUT2D eigenvalue weighted by molar-refractivity contribution is -0.146. The molecule has 2 bridgehead atoms. The zero-order chi connectivity index (χ0) is 24.3. The van der Waals surface area contributed by atoms with E-state index in [4.69, 9.17) is 16.3 Å². The maximum atomic E-state index is 13.9. The van der Waals surface area contributed by atoms with Crippen molar-refractivity contribution < 1.29 is 19.1 Å². The van der Waals surface area contributed by atoms with Gasteiger partial charge in [0, 0.05) is 22.3 Å². The van der Waals surface area contributed by atoms with E-state index in [1.807, 2.05) is 32.9 Å². The number of ether oxygens (including phenoxy) is 1. The molecular weight excluding hydrogens is 454 g/mol. The fourth-order valence-corrected chi connectivity index (χ4v) is 6.30. The van der Waals surface area contributed by atoms with Gasteiger partial charge >= 0.3 is 0 Å². The van der Waals surface area contributed by atoms with Crippen LogP contribution in [0.3, 0.4) is 0 Å². The summed E-state index contributed by atoms with van der Waals surface area (Å²) in [7, 11) is 0. The third-order valence-electron chi connectivity index (χ3n) is 7.61. The number of halogens is 1. The van der Waals surface area contributed by atoms with E-state index in [0.29, 0.717) is 10.7 Å². The van der Waals surface area contributed by atoms with Crippen molar-refractivity contribution in [3.05, 3.63) is 41.4 Å². The minimum Gasteiger partial charge on any atom is -0.359 e. The van der Waals surface area contributed by atoms with Crippen molar-refractivity contribution in [3.8, 4) is 0 Å². The summed E-state index contributed by atoms with van der Waals surface area (Å²) in [6.07, 6.45) is 8.41. The topological polar surface area (TPSA) is 87.7 Å². The van der Waals surface area contributed by atoms with Gasteiger partial charge in [-0.25, -0.2) is 0 Å². The van der Waals surface area contributed by atoms with E-state index in [0.717, 1.165) is 25.7 Å². The Labute approximate surface area is 205 Å². The highest BCUT2D eigenvalue weighted by atomic mass is 35.5. The van der Waals surface area contributed by atoms with Crippen molar-refractivity contribution in [3.63, 3.8) is 0 Å². The van der Waals surface area contributed by atoms with Gasteiger partial charge in [0.05, 0.1) is 17.9 Å². The van der Waals surface area contributed by atoms with Crippen LogP contribution in [-0.4, -0.2) is 51.9 Å². The van der Waals surface area contributed by atoms with Gasteiger partial charge in [-0.2, -0.15) is 0 Å². The summed E-state index contributed by atoms with van der Waals surface area (Å²) < 4.78 is 6.38.